The fraction of sp³-hybridized carbons (Fsp3) is 0.333. The monoisotopic (exact) mass is 137 g/mol. The molecular formula is C9H15N. The summed E-state index contributed by atoms with van der Waals surface area (Å²) >= 11 is 0. The van der Waals surface area contributed by atoms with Gasteiger partial charge in [-0.05, 0) is 19.4 Å². The highest BCUT2D eigenvalue weighted by molar-refractivity contribution is 5.19. The quantitative estimate of drug-likeness (QED) is 0.594. The van der Waals surface area contributed by atoms with Gasteiger partial charge in [0.15, 0.2) is 0 Å². The van der Waals surface area contributed by atoms with Gasteiger partial charge in [0.25, 0.3) is 0 Å². The molecule has 0 saturated carbocycles. The summed E-state index contributed by atoms with van der Waals surface area (Å²) < 4.78 is 0. The average molecular weight is 137 g/mol. The van der Waals surface area contributed by atoms with Crippen LogP contribution >= 0.6 is 0 Å². The molecule has 0 spiro atoms. The van der Waals surface area contributed by atoms with Crippen molar-refractivity contribution in [3.05, 3.63) is 36.1 Å². The van der Waals surface area contributed by atoms with Crippen molar-refractivity contribution in [3.63, 3.8) is 0 Å². The molecule has 1 nitrogen and oxygen atoms in total. The van der Waals surface area contributed by atoms with Gasteiger partial charge in [-0.25, -0.2) is 0 Å². The molecule has 0 fully saturated rings. The lowest BCUT2D eigenvalue weighted by Gasteiger charge is -1.88. The third-order valence-electron chi connectivity index (χ3n) is 1.15. The Hall–Kier alpha value is -0.980. The fourth-order valence-corrected chi connectivity index (χ4v) is 0.454. The van der Waals surface area contributed by atoms with Gasteiger partial charge in [0.1, 0.15) is 0 Å². The van der Waals surface area contributed by atoms with E-state index in [4.69, 9.17) is 5.73 Å². The van der Waals surface area contributed by atoms with Crippen LogP contribution in [-0.4, -0.2) is 0 Å². The van der Waals surface area contributed by atoms with E-state index in [2.05, 4.69) is 13.5 Å². The van der Waals surface area contributed by atoms with Crippen molar-refractivity contribution in [2.24, 2.45) is 5.73 Å². The lowest BCUT2D eigenvalue weighted by molar-refractivity contribution is 1.16. The molecule has 0 radical (unpaired) electrons. The minimum atomic E-state index is 0.820. The minimum Gasteiger partial charge on any atom is -0.402 e. The van der Waals surface area contributed by atoms with Crippen LogP contribution < -0.4 is 5.73 Å². The van der Waals surface area contributed by atoms with Crippen molar-refractivity contribution in [2.45, 2.75) is 20.3 Å². The highest BCUT2D eigenvalue weighted by atomic mass is 14.5. The Kier molecular flexibility index (Phi) is 4.38. The molecule has 10 heavy (non-hydrogen) atoms. The van der Waals surface area contributed by atoms with E-state index in [1.165, 1.54) is 0 Å². The molecule has 0 aromatic carbocycles. The summed E-state index contributed by atoms with van der Waals surface area (Å²) in [6.07, 6.45) is 6.74. The van der Waals surface area contributed by atoms with E-state index in [-0.39, 0.29) is 0 Å². The number of allylic oxidation sites excluding steroid dienone is 5. The molecule has 0 aliphatic heterocycles. The minimum absolute atomic E-state index is 0.820. The van der Waals surface area contributed by atoms with Gasteiger partial charge in [0, 0.05) is 5.70 Å². The van der Waals surface area contributed by atoms with Crippen molar-refractivity contribution in [1.82, 2.24) is 0 Å². The van der Waals surface area contributed by atoms with Crippen LogP contribution in [0.15, 0.2) is 36.1 Å². The van der Waals surface area contributed by atoms with E-state index >= 15 is 0 Å². The summed E-state index contributed by atoms with van der Waals surface area (Å²) in [7, 11) is 0. The number of hydrogen-bond acceptors (Lipinski definition) is 1. The summed E-state index contributed by atoms with van der Waals surface area (Å²) in [5.74, 6) is 0. The maximum Gasteiger partial charge on any atom is 0.00488 e. The largest absolute Gasteiger partial charge is 0.402 e. The molecule has 0 amide bonds. The molecule has 0 aliphatic rings. The summed E-state index contributed by atoms with van der Waals surface area (Å²) in [6.45, 7) is 7.75. The second-order valence-electron chi connectivity index (χ2n) is 2.28. The van der Waals surface area contributed by atoms with E-state index in [0.29, 0.717) is 0 Å². The van der Waals surface area contributed by atoms with Crippen LogP contribution in [0.5, 0.6) is 0 Å². The molecular weight excluding hydrogens is 122 g/mol. The topological polar surface area (TPSA) is 26.0 Å². The molecule has 1 heteroatoms. The molecule has 0 aromatic rings. The molecule has 2 N–H and O–H groups in total. The summed E-state index contributed by atoms with van der Waals surface area (Å²) in [4.78, 5) is 0. The molecule has 0 aromatic heterocycles. The lowest BCUT2D eigenvalue weighted by atomic mass is 10.2. The fourth-order valence-electron chi connectivity index (χ4n) is 0.454. The summed E-state index contributed by atoms with van der Waals surface area (Å²) in [6, 6.07) is 0. The van der Waals surface area contributed by atoms with Crippen molar-refractivity contribution in [1.29, 1.82) is 0 Å². The molecule has 0 heterocycles. The first kappa shape index (κ1) is 9.02. The van der Waals surface area contributed by atoms with Crippen molar-refractivity contribution in [2.75, 3.05) is 0 Å². The Morgan fingerprint density at radius 1 is 1.60 bits per heavy atom. The van der Waals surface area contributed by atoms with E-state index < -0.39 is 0 Å². The Bertz CT molecular complexity index is 160. The Morgan fingerprint density at radius 3 is 2.60 bits per heavy atom. The normalized spacial score (nSPS) is 12.4. The Morgan fingerprint density at radius 2 is 2.20 bits per heavy atom. The van der Waals surface area contributed by atoms with Crippen molar-refractivity contribution in [3.8, 4) is 0 Å². The SMILES string of the molecule is C=C(/C=C\C=C(/C)N)CC. The predicted molar refractivity (Wildman–Crippen MR) is 46.5 cm³/mol. The Labute approximate surface area is 62.9 Å². The van der Waals surface area contributed by atoms with E-state index in [9.17, 15) is 0 Å². The van der Waals surface area contributed by atoms with Gasteiger partial charge in [-0.2, -0.15) is 0 Å². The van der Waals surface area contributed by atoms with E-state index in [0.717, 1.165) is 17.7 Å². The third-order valence-corrected chi connectivity index (χ3v) is 1.15. The van der Waals surface area contributed by atoms with Crippen LogP contribution in [0.25, 0.3) is 0 Å². The second kappa shape index (κ2) is 4.86. The summed E-state index contributed by atoms with van der Waals surface area (Å²) in [5.41, 5.74) is 7.34. The third kappa shape index (κ3) is 5.16. The first-order valence-electron chi connectivity index (χ1n) is 3.45. The van der Waals surface area contributed by atoms with Crippen LogP contribution in [0.2, 0.25) is 0 Å². The van der Waals surface area contributed by atoms with Crippen LogP contribution in [0.1, 0.15) is 20.3 Å². The van der Waals surface area contributed by atoms with Crippen molar-refractivity contribution >= 4 is 0 Å². The van der Waals surface area contributed by atoms with E-state index in [1.54, 1.807) is 0 Å². The van der Waals surface area contributed by atoms with Gasteiger partial charge in [-0.15, -0.1) is 0 Å². The van der Waals surface area contributed by atoms with Crippen LogP contribution in [0, 0.1) is 0 Å². The van der Waals surface area contributed by atoms with Gasteiger partial charge >= 0.3 is 0 Å². The van der Waals surface area contributed by atoms with E-state index in [1.807, 2.05) is 25.2 Å². The first-order chi connectivity index (χ1) is 4.66. The van der Waals surface area contributed by atoms with Crippen LogP contribution in [-0.2, 0) is 0 Å². The highest BCUT2D eigenvalue weighted by Crippen LogP contribution is 1.97. The number of nitrogens with two attached hydrogens (primary N) is 1. The highest BCUT2D eigenvalue weighted by Gasteiger charge is 1.78. The first-order valence-corrected chi connectivity index (χ1v) is 3.45. The molecule has 0 unspecified atom stereocenters. The molecule has 0 aliphatic carbocycles. The van der Waals surface area contributed by atoms with Crippen LogP contribution in [0.3, 0.4) is 0 Å². The molecule has 0 rings (SSSR count). The molecule has 56 valence electrons. The van der Waals surface area contributed by atoms with Crippen molar-refractivity contribution < 1.29 is 0 Å². The van der Waals surface area contributed by atoms with Gasteiger partial charge in [0.2, 0.25) is 0 Å². The average Bonchev–Trinajstić information content (AvgIpc) is 1.87. The lowest BCUT2D eigenvalue weighted by Crippen LogP contribution is -1.87. The number of hydrogen-bond donors (Lipinski definition) is 1. The van der Waals surface area contributed by atoms with Gasteiger partial charge in [0.05, 0.1) is 0 Å². The Balaban J connectivity index is 3.77. The molecule has 0 bridgehead atoms. The predicted octanol–water partition coefficient (Wildman–Crippen LogP) is 2.37. The zero-order chi connectivity index (χ0) is 7.98. The zero-order valence-corrected chi connectivity index (χ0v) is 6.72. The second-order valence-corrected chi connectivity index (χ2v) is 2.28. The standard InChI is InChI=1S/C9H15N/c1-4-8(2)6-5-7-9(3)10/h5-7H,2,4,10H2,1,3H3/b6-5-,9-7+. The molecule has 0 atom stereocenters. The smallest absolute Gasteiger partial charge is 0.00488 e. The van der Waals surface area contributed by atoms with Gasteiger partial charge in [-0.3, -0.25) is 0 Å². The van der Waals surface area contributed by atoms with Gasteiger partial charge < -0.3 is 5.73 Å². The maximum absolute atomic E-state index is 5.40. The molecule has 0 saturated heterocycles. The number of rotatable bonds is 3. The van der Waals surface area contributed by atoms with Gasteiger partial charge in [-0.1, -0.05) is 31.2 Å². The van der Waals surface area contributed by atoms with Crippen LogP contribution in [0.4, 0.5) is 0 Å². The summed E-state index contributed by atoms with van der Waals surface area (Å²) in [5, 5.41) is 0. The zero-order valence-electron chi connectivity index (χ0n) is 6.72. The maximum atomic E-state index is 5.40.